The van der Waals surface area contributed by atoms with Crippen LogP contribution in [0.15, 0.2) is 12.2 Å². The molecular formula is C18H28N2O3. The second-order valence-corrected chi connectivity index (χ2v) is 6.58. The third-order valence-electron chi connectivity index (χ3n) is 4.86. The first-order valence-electron chi connectivity index (χ1n) is 8.93. The smallest absolute Gasteiger partial charge is 0.253 e. The molecule has 0 aliphatic carbocycles. The van der Waals surface area contributed by atoms with E-state index in [9.17, 15) is 14.4 Å². The Balaban J connectivity index is 1.61. The molecule has 0 N–H and O–H groups in total. The molecule has 0 aromatic carbocycles. The maximum absolute atomic E-state index is 12.2. The van der Waals surface area contributed by atoms with Gasteiger partial charge in [0.15, 0.2) is 0 Å². The largest absolute Gasteiger partial charge is 0.343 e. The first kappa shape index (κ1) is 17.7. The molecule has 0 aromatic heterocycles. The molecule has 0 spiro atoms. The first-order chi connectivity index (χ1) is 11.1. The second-order valence-electron chi connectivity index (χ2n) is 6.58. The minimum atomic E-state index is -0.268. The van der Waals surface area contributed by atoms with Crippen molar-refractivity contribution in [2.75, 3.05) is 19.6 Å². The van der Waals surface area contributed by atoms with Gasteiger partial charge in [0.25, 0.3) is 11.8 Å². The van der Waals surface area contributed by atoms with E-state index in [1.54, 1.807) is 0 Å². The molecule has 5 heteroatoms. The van der Waals surface area contributed by atoms with Crippen LogP contribution in [0.25, 0.3) is 0 Å². The van der Waals surface area contributed by atoms with Gasteiger partial charge < -0.3 is 4.90 Å². The molecular weight excluding hydrogens is 292 g/mol. The van der Waals surface area contributed by atoms with Gasteiger partial charge in [-0.2, -0.15) is 0 Å². The van der Waals surface area contributed by atoms with Gasteiger partial charge in [-0.15, -0.1) is 0 Å². The molecule has 2 aliphatic heterocycles. The molecule has 0 unspecified atom stereocenters. The van der Waals surface area contributed by atoms with Gasteiger partial charge in [-0.3, -0.25) is 19.3 Å². The number of likely N-dealkylation sites (tertiary alicyclic amines) is 1. The van der Waals surface area contributed by atoms with Gasteiger partial charge in [-0.25, -0.2) is 0 Å². The number of unbranched alkanes of at least 4 members (excludes halogenated alkanes) is 2. The SMILES string of the molecule is CCCCCC1CCN(C(=O)CCCN2C(=O)C=CC2=O)CC1. The quantitative estimate of drug-likeness (QED) is 0.510. The normalized spacial score (nSPS) is 19.0. The molecule has 0 aromatic rings. The zero-order chi connectivity index (χ0) is 16.7. The Kier molecular flexibility index (Phi) is 6.81. The van der Waals surface area contributed by atoms with Crippen LogP contribution in [-0.4, -0.2) is 47.2 Å². The monoisotopic (exact) mass is 320 g/mol. The number of piperidine rings is 1. The van der Waals surface area contributed by atoms with Crippen LogP contribution in [0.5, 0.6) is 0 Å². The molecule has 2 heterocycles. The predicted octanol–water partition coefficient (Wildman–Crippen LogP) is 2.51. The minimum absolute atomic E-state index is 0.157. The van der Waals surface area contributed by atoms with Crippen LogP contribution >= 0.6 is 0 Å². The molecule has 3 amide bonds. The molecule has 0 radical (unpaired) electrons. The fourth-order valence-electron chi connectivity index (χ4n) is 3.35. The lowest BCUT2D eigenvalue weighted by Gasteiger charge is -2.32. The zero-order valence-corrected chi connectivity index (χ0v) is 14.1. The van der Waals surface area contributed by atoms with Gasteiger partial charge in [0.05, 0.1) is 0 Å². The van der Waals surface area contributed by atoms with Crippen LogP contribution < -0.4 is 0 Å². The number of carbonyl (C=O) groups excluding carboxylic acids is 3. The van der Waals surface area contributed by atoms with Crippen LogP contribution in [0.4, 0.5) is 0 Å². The van der Waals surface area contributed by atoms with Crippen molar-refractivity contribution in [3.05, 3.63) is 12.2 Å². The molecule has 2 rings (SSSR count). The fraction of sp³-hybridized carbons (Fsp3) is 0.722. The fourth-order valence-corrected chi connectivity index (χ4v) is 3.35. The van der Waals surface area contributed by atoms with E-state index in [0.717, 1.165) is 31.8 Å². The highest BCUT2D eigenvalue weighted by Crippen LogP contribution is 2.23. The summed E-state index contributed by atoms with van der Waals surface area (Å²) in [7, 11) is 0. The van der Waals surface area contributed by atoms with E-state index >= 15 is 0 Å². The van der Waals surface area contributed by atoms with Crippen molar-refractivity contribution in [1.29, 1.82) is 0 Å². The third kappa shape index (κ3) is 5.19. The van der Waals surface area contributed by atoms with Crippen LogP contribution in [0.2, 0.25) is 0 Å². The standard InChI is InChI=1S/C18H28N2O3/c1-2-3-4-6-15-10-13-19(14-11-15)16(21)7-5-12-20-17(22)8-9-18(20)23/h8-9,15H,2-7,10-14H2,1H3. The molecule has 23 heavy (non-hydrogen) atoms. The van der Waals surface area contributed by atoms with Crippen molar-refractivity contribution in [2.24, 2.45) is 5.92 Å². The summed E-state index contributed by atoms with van der Waals surface area (Å²) < 4.78 is 0. The van der Waals surface area contributed by atoms with Crippen molar-refractivity contribution in [1.82, 2.24) is 9.80 Å². The molecule has 0 atom stereocenters. The Hall–Kier alpha value is -1.65. The van der Waals surface area contributed by atoms with E-state index in [4.69, 9.17) is 0 Å². The maximum atomic E-state index is 12.2. The number of rotatable bonds is 8. The van der Waals surface area contributed by atoms with Crippen LogP contribution in [0.3, 0.4) is 0 Å². The van der Waals surface area contributed by atoms with Gasteiger partial charge in [-0.05, 0) is 25.2 Å². The Morgan fingerprint density at radius 1 is 1.09 bits per heavy atom. The Morgan fingerprint density at radius 2 is 1.74 bits per heavy atom. The summed E-state index contributed by atoms with van der Waals surface area (Å²) in [6.45, 7) is 4.28. The number of hydrogen-bond acceptors (Lipinski definition) is 3. The number of imide groups is 1. The number of hydrogen-bond donors (Lipinski definition) is 0. The van der Waals surface area contributed by atoms with Crippen molar-refractivity contribution in [3.8, 4) is 0 Å². The van der Waals surface area contributed by atoms with E-state index in [2.05, 4.69) is 6.92 Å². The number of nitrogens with zero attached hydrogens (tertiary/aromatic N) is 2. The molecule has 0 saturated carbocycles. The summed E-state index contributed by atoms with van der Waals surface area (Å²) in [5, 5.41) is 0. The molecule has 1 saturated heterocycles. The first-order valence-corrected chi connectivity index (χ1v) is 8.93. The lowest BCUT2D eigenvalue weighted by Crippen LogP contribution is -2.39. The van der Waals surface area contributed by atoms with Gasteiger partial charge in [0, 0.05) is 38.2 Å². The van der Waals surface area contributed by atoms with E-state index in [1.165, 1.54) is 42.7 Å². The van der Waals surface area contributed by atoms with Gasteiger partial charge in [0.2, 0.25) is 5.91 Å². The van der Waals surface area contributed by atoms with Crippen LogP contribution in [0, 0.1) is 5.92 Å². The third-order valence-corrected chi connectivity index (χ3v) is 4.86. The highest BCUT2D eigenvalue weighted by atomic mass is 16.2. The summed E-state index contributed by atoms with van der Waals surface area (Å²) in [5.41, 5.74) is 0. The minimum Gasteiger partial charge on any atom is -0.343 e. The average Bonchev–Trinajstić information content (AvgIpc) is 2.87. The maximum Gasteiger partial charge on any atom is 0.253 e. The number of carbonyl (C=O) groups is 3. The van der Waals surface area contributed by atoms with Gasteiger partial charge in [0.1, 0.15) is 0 Å². The zero-order valence-electron chi connectivity index (χ0n) is 14.1. The van der Waals surface area contributed by atoms with E-state index in [0.29, 0.717) is 19.4 Å². The van der Waals surface area contributed by atoms with Crippen molar-refractivity contribution in [2.45, 2.75) is 58.3 Å². The average molecular weight is 320 g/mol. The lowest BCUT2D eigenvalue weighted by molar-refractivity contribution is -0.138. The second kappa shape index (κ2) is 8.85. The van der Waals surface area contributed by atoms with Crippen molar-refractivity contribution < 1.29 is 14.4 Å². The van der Waals surface area contributed by atoms with Gasteiger partial charge >= 0.3 is 0 Å². The predicted molar refractivity (Wildman–Crippen MR) is 88.5 cm³/mol. The van der Waals surface area contributed by atoms with Crippen molar-refractivity contribution in [3.63, 3.8) is 0 Å². The molecule has 0 bridgehead atoms. The molecule has 1 fully saturated rings. The number of amides is 3. The lowest BCUT2D eigenvalue weighted by atomic mass is 9.91. The summed E-state index contributed by atoms with van der Waals surface area (Å²) >= 11 is 0. The highest BCUT2D eigenvalue weighted by Gasteiger charge is 2.25. The summed E-state index contributed by atoms with van der Waals surface area (Å²) in [4.78, 5) is 38.2. The van der Waals surface area contributed by atoms with Crippen LogP contribution in [-0.2, 0) is 14.4 Å². The molecule has 128 valence electrons. The van der Waals surface area contributed by atoms with Crippen LogP contribution in [0.1, 0.15) is 58.3 Å². The topological polar surface area (TPSA) is 57.7 Å². The Labute approximate surface area is 138 Å². The van der Waals surface area contributed by atoms with E-state index in [1.807, 2.05) is 4.90 Å². The van der Waals surface area contributed by atoms with E-state index in [-0.39, 0.29) is 17.7 Å². The summed E-state index contributed by atoms with van der Waals surface area (Å²) in [5.74, 6) is 0.395. The van der Waals surface area contributed by atoms with Gasteiger partial charge in [-0.1, -0.05) is 32.6 Å². The summed E-state index contributed by atoms with van der Waals surface area (Å²) in [6.07, 6.45) is 10.9. The van der Waals surface area contributed by atoms with Crippen molar-refractivity contribution >= 4 is 17.7 Å². The molecule has 2 aliphatic rings. The van der Waals surface area contributed by atoms with E-state index < -0.39 is 0 Å². The Bertz CT molecular complexity index is 447. The summed E-state index contributed by atoms with van der Waals surface area (Å²) in [6, 6.07) is 0. The Morgan fingerprint density at radius 3 is 2.35 bits per heavy atom. The molecule has 5 nitrogen and oxygen atoms in total. The highest BCUT2D eigenvalue weighted by molar-refractivity contribution is 6.12.